The quantitative estimate of drug-likeness (QED) is 0.699. The van der Waals surface area contributed by atoms with Crippen molar-refractivity contribution in [3.63, 3.8) is 0 Å². The van der Waals surface area contributed by atoms with E-state index in [2.05, 4.69) is 10.5 Å². The lowest BCUT2D eigenvalue weighted by atomic mass is 10.1. The van der Waals surface area contributed by atoms with Gasteiger partial charge in [0.15, 0.2) is 11.5 Å². The Morgan fingerprint density at radius 2 is 1.73 bits per heavy atom. The van der Waals surface area contributed by atoms with Gasteiger partial charge in [0.05, 0.1) is 5.71 Å². The molecule has 1 amide bonds. The number of amides is 1. The van der Waals surface area contributed by atoms with E-state index in [1.807, 2.05) is 37.3 Å². The highest BCUT2D eigenvalue weighted by molar-refractivity contribution is 6.01. The topological polar surface area (TPSA) is 59.9 Å². The summed E-state index contributed by atoms with van der Waals surface area (Å²) in [6.07, 6.45) is 0. The molecule has 0 saturated carbocycles. The first-order chi connectivity index (χ1) is 10.7. The number of hydrogen-bond donors (Lipinski definition) is 1. The van der Waals surface area contributed by atoms with Crippen molar-refractivity contribution in [3.05, 3.63) is 59.7 Å². The molecule has 0 spiro atoms. The Morgan fingerprint density at radius 3 is 2.50 bits per heavy atom. The molecule has 1 heterocycles. The normalized spacial score (nSPS) is 13.6. The molecule has 5 nitrogen and oxygen atoms in total. The van der Waals surface area contributed by atoms with Crippen molar-refractivity contribution >= 4 is 11.6 Å². The molecule has 0 aromatic heterocycles. The maximum Gasteiger partial charge on any atom is 0.271 e. The molecule has 2 aromatic carbocycles. The number of hydrazone groups is 1. The van der Waals surface area contributed by atoms with E-state index < -0.39 is 0 Å². The van der Waals surface area contributed by atoms with Gasteiger partial charge in [-0.1, -0.05) is 30.3 Å². The first-order valence-electron chi connectivity index (χ1n) is 7.04. The third-order valence-corrected chi connectivity index (χ3v) is 3.32. The Balaban J connectivity index is 1.72. The van der Waals surface area contributed by atoms with E-state index in [0.717, 1.165) is 11.3 Å². The molecular weight excluding hydrogens is 280 g/mol. The van der Waals surface area contributed by atoms with Crippen LogP contribution >= 0.6 is 0 Å². The summed E-state index contributed by atoms with van der Waals surface area (Å²) in [7, 11) is 0. The zero-order chi connectivity index (χ0) is 15.4. The van der Waals surface area contributed by atoms with Crippen molar-refractivity contribution in [3.8, 4) is 11.5 Å². The van der Waals surface area contributed by atoms with Gasteiger partial charge < -0.3 is 9.47 Å². The van der Waals surface area contributed by atoms with E-state index in [1.165, 1.54) is 0 Å². The molecule has 1 aliphatic rings. The van der Waals surface area contributed by atoms with Gasteiger partial charge in [-0.25, -0.2) is 5.43 Å². The number of carbonyl (C=O) groups is 1. The maximum absolute atomic E-state index is 12.2. The van der Waals surface area contributed by atoms with Crippen LogP contribution < -0.4 is 14.9 Å². The van der Waals surface area contributed by atoms with Crippen LogP contribution in [0.5, 0.6) is 11.5 Å². The molecule has 0 aliphatic carbocycles. The van der Waals surface area contributed by atoms with Gasteiger partial charge in [-0.15, -0.1) is 0 Å². The van der Waals surface area contributed by atoms with E-state index in [4.69, 9.17) is 9.47 Å². The molecule has 0 bridgehead atoms. The number of ether oxygens (including phenoxy) is 2. The summed E-state index contributed by atoms with van der Waals surface area (Å²) in [5.74, 6) is 0.960. The molecular formula is C17H16N2O3. The van der Waals surface area contributed by atoms with E-state index in [0.29, 0.717) is 30.3 Å². The van der Waals surface area contributed by atoms with Crippen LogP contribution in [0.15, 0.2) is 53.6 Å². The third-order valence-electron chi connectivity index (χ3n) is 3.32. The zero-order valence-electron chi connectivity index (χ0n) is 12.2. The molecule has 5 heteroatoms. The fraction of sp³-hybridized carbons (Fsp3) is 0.176. The van der Waals surface area contributed by atoms with E-state index >= 15 is 0 Å². The molecule has 1 aliphatic heterocycles. The molecule has 22 heavy (non-hydrogen) atoms. The van der Waals surface area contributed by atoms with Crippen LogP contribution in [0.2, 0.25) is 0 Å². The fourth-order valence-corrected chi connectivity index (χ4v) is 2.13. The highest BCUT2D eigenvalue weighted by atomic mass is 16.6. The average molecular weight is 296 g/mol. The molecule has 0 radical (unpaired) electrons. The number of carbonyl (C=O) groups excluding carboxylic acids is 1. The van der Waals surface area contributed by atoms with Crippen LogP contribution in [-0.2, 0) is 0 Å². The zero-order valence-corrected chi connectivity index (χ0v) is 12.2. The Hall–Kier alpha value is -2.82. The minimum atomic E-state index is -0.285. The van der Waals surface area contributed by atoms with Gasteiger partial charge in [-0.05, 0) is 30.7 Å². The Morgan fingerprint density at radius 1 is 1.00 bits per heavy atom. The van der Waals surface area contributed by atoms with Crippen LogP contribution in [0, 0.1) is 0 Å². The van der Waals surface area contributed by atoms with Crippen molar-refractivity contribution in [2.45, 2.75) is 6.92 Å². The van der Waals surface area contributed by atoms with Gasteiger partial charge in [0.2, 0.25) is 0 Å². The van der Waals surface area contributed by atoms with Crippen LogP contribution in [-0.4, -0.2) is 24.8 Å². The molecule has 0 fully saturated rings. The van der Waals surface area contributed by atoms with Crippen LogP contribution in [0.3, 0.4) is 0 Å². The summed E-state index contributed by atoms with van der Waals surface area (Å²) < 4.78 is 10.9. The minimum absolute atomic E-state index is 0.285. The number of nitrogens with one attached hydrogen (secondary N) is 1. The Labute approximate surface area is 128 Å². The van der Waals surface area contributed by atoms with E-state index in [1.54, 1.807) is 18.2 Å². The summed E-state index contributed by atoms with van der Waals surface area (Å²) in [5, 5.41) is 4.13. The summed E-state index contributed by atoms with van der Waals surface area (Å²) in [6.45, 7) is 2.86. The molecule has 1 N–H and O–H groups in total. The lowest BCUT2D eigenvalue weighted by molar-refractivity contribution is 0.0953. The largest absolute Gasteiger partial charge is 0.486 e. The van der Waals surface area contributed by atoms with E-state index in [9.17, 15) is 4.79 Å². The lowest BCUT2D eigenvalue weighted by Gasteiger charge is -2.18. The fourth-order valence-electron chi connectivity index (χ4n) is 2.13. The van der Waals surface area contributed by atoms with E-state index in [-0.39, 0.29) is 5.91 Å². The maximum atomic E-state index is 12.2. The minimum Gasteiger partial charge on any atom is -0.486 e. The molecule has 0 saturated heterocycles. The predicted octanol–water partition coefficient (Wildman–Crippen LogP) is 2.61. The SMILES string of the molecule is CC(=NNC(=O)c1ccc2c(c1)OCCO2)c1ccccc1. The van der Waals surface area contributed by atoms with Crippen molar-refractivity contribution in [2.24, 2.45) is 5.10 Å². The Bertz CT molecular complexity index is 711. The molecule has 2 aromatic rings. The standard InChI is InChI=1S/C17H16N2O3/c1-12(13-5-3-2-4-6-13)18-19-17(20)14-7-8-15-16(11-14)22-10-9-21-15/h2-8,11H,9-10H2,1H3,(H,19,20). The lowest BCUT2D eigenvalue weighted by Crippen LogP contribution is -2.20. The van der Waals surface area contributed by atoms with Crippen LogP contribution in [0.25, 0.3) is 0 Å². The van der Waals surface area contributed by atoms with Crippen LogP contribution in [0.4, 0.5) is 0 Å². The molecule has 0 unspecified atom stereocenters. The first-order valence-corrected chi connectivity index (χ1v) is 7.04. The molecule has 0 atom stereocenters. The summed E-state index contributed by atoms with van der Waals surface area (Å²) in [6, 6.07) is 14.8. The monoisotopic (exact) mass is 296 g/mol. The Kier molecular flexibility index (Phi) is 4.05. The second kappa shape index (κ2) is 6.30. The smallest absolute Gasteiger partial charge is 0.271 e. The summed E-state index contributed by atoms with van der Waals surface area (Å²) in [5.41, 5.74) is 4.74. The van der Waals surface area contributed by atoms with Gasteiger partial charge in [0.25, 0.3) is 5.91 Å². The van der Waals surface area contributed by atoms with Crippen molar-refractivity contribution in [1.82, 2.24) is 5.43 Å². The van der Waals surface area contributed by atoms with Crippen LogP contribution in [0.1, 0.15) is 22.8 Å². The van der Waals surface area contributed by atoms with Crippen molar-refractivity contribution in [2.75, 3.05) is 13.2 Å². The predicted molar refractivity (Wildman–Crippen MR) is 83.6 cm³/mol. The number of benzene rings is 2. The van der Waals surface area contributed by atoms with Gasteiger partial charge in [0, 0.05) is 5.56 Å². The first kappa shape index (κ1) is 14.1. The summed E-state index contributed by atoms with van der Waals surface area (Å²) in [4.78, 5) is 12.2. The van der Waals surface area contributed by atoms with Gasteiger partial charge in [-0.3, -0.25) is 4.79 Å². The average Bonchev–Trinajstić information content (AvgIpc) is 2.59. The second-order valence-electron chi connectivity index (χ2n) is 4.86. The molecule has 3 rings (SSSR count). The third kappa shape index (κ3) is 3.09. The second-order valence-corrected chi connectivity index (χ2v) is 4.86. The van der Waals surface area contributed by atoms with Gasteiger partial charge >= 0.3 is 0 Å². The van der Waals surface area contributed by atoms with Gasteiger partial charge in [-0.2, -0.15) is 5.10 Å². The molecule has 112 valence electrons. The number of hydrogen-bond acceptors (Lipinski definition) is 4. The van der Waals surface area contributed by atoms with Gasteiger partial charge in [0.1, 0.15) is 13.2 Å². The van der Waals surface area contributed by atoms with Crippen molar-refractivity contribution in [1.29, 1.82) is 0 Å². The summed E-state index contributed by atoms with van der Waals surface area (Å²) >= 11 is 0. The number of nitrogens with zero attached hydrogens (tertiary/aromatic N) is 1. The highest BCUT2D eigenvalue weighted by Gasteiger charge is 2.14. The number of rotatable bonds is 3. The highest BCUT2D eigenvalue weighted by Crippen LogP contribution is 2.30. The van der Waals surface area contributed by atoms with Crippen molar-refractivity contribution < 1.29 is 14.3 Å². The number of fused-ring (bicyclic) bond motifs is 1.